The molecule has 0 radical (unpaired) electrons. The van der Waals surface area contributed by atoms with Gasteiger partial charge in [-0.2, -0.15) is 5.10 Å². The van der Waals surface area contributed by atoms with Crippen LogP contribution in [0.3, 0.4) is 0 Å². The molecule has 0 aliphatic carbocycles. The molecule has 1 heterocycles. The molecule has 29 heavy (non-hydrogen) atoms. The highest BCUT2D eigenvalue weighted by atomic mass is 35.5. The van der Waals surface area contributed by atoms with Crippen molar-refractivity contribution in [3.8, 4) is 11.6 Å². The van der Waals surface area contributed by atoms with Crippen LogP contribution in [0.5, 0.6) is 11.6 Å². The van der Waals surface area contributed by atoms with E-state index in [1.807, 2.05) is 0 Å². The van der Waals surface area contributed by atoms with Crippen molar-refractivity contribution in [3.05, 3.63) is 74.4 Å². The summed E-state index contributed by atoms with van der Waals surface area (Å²) in [5, 5.41) is 4.81. The van der Waals surface area contributed by atoms with Crippen LogP contribution < -0.4 is 9.47 Å². The zero-order chi connectivity index (χ0) is 21.3. The van der Waals surface area contributed by atoms with E-state index in [2.05, 4.69) is 5.10 Å². The number of hydrogen-bond donors (Lipinski definition) is 0. The van der Waals surface area contributed by atoms with E-state index in [-0.39, 0.29) is 22.0 Å². The number of methoxy groups -OCH3 is 1. The number of benzene rings is 2. The number of aryl methyl sites for hydroxylation is 2. The molecule has 0 aliphatic rings. The van der Waals surface area contributed by atoms with Gasteiger partial charge in [-0.1, -0.05) is 23.2 Å². The van der Waals surface area contributed by atoms with Crippen LogP contribution in [0.4, 0.5) is 0 Å². The van der Waals surface area contributed by atoms with Crippen LogP contribution in [-0.4, -0.2) is 28.6 Å². The number of aromatic nitrogens is 2. The monoisotopic (exact) mass is 432 g/mol. The van der Waals surface area contributed by atoms with Crippen LogP contribution in [0.25, 0.3) is 0 Å². The molecule has 6 nitrogen and oxygen atoms in total. The summed E-state index contributed by atoms with van der Waals surface area (Å²) in [7, 11) is 3.11. The first-order chi connectivity index (χ1) is 13.7. The molecule has 0 amide bonds. The number of carbonyl (C=O) groups is 2. The Kier molecular flexibility index (Phi) is 5.96. The Balaban J connectivity index is 1.95. The van der Waals surface area contributed by atoms with E-state index in [1.54, 1.807) is 51.2 Å². The van der Waals surface area contributed by atoms with Crippen molar-refractivity contribution in [1.82, 2.24) is 9.78 Å². The van der Waals surface area contributed by atoms with Crippen LogP contribution in [0.15, 0.2) is 36.5 Å². The Morgan fingerprint density at radius 3 is 2.31 bits per heavy atom. The molecule has 1 aromatic heterocycles. The predicted molar refractivity (Wildman–Crippen MR) is 111 cm³/mol. The molecular formula is C21H18Cl2N2O4. The van der Waals surface area contributed by atoms with Crippen molar-refractivity contribution in [1.29, 1.82) is 0 Å². The maximum absolute atomic E-state index is 13.1. The van der Waals surface area contributed by atoms with Gasteiger partial charge >= 0.3 is 5.97 Å². The van der Waals surface area contributed by atoms with Gasteiger partial charge in [-0.05, 0) is 55.3 Å². The molecule has 0 bridgehead atoms. The summed E-state index contributed by atoms with van der Waals surface area (Å²) >= 11 is 12.6. The third-order valence-corrected chi connectivity index (χ3v) is 5.56. The van der Waals surface area contributed by atoms with Gasteiger partial charge in [-0.15, -0.1) is 0 Å². The molecule has 0 saturated heterocycles. The van der Waals surface area contributed by atoms with Crippen molar-refractivity contribution in [2.45, 2.75) is 13.8 Å². The third kappa shape index (κ3) is 3.99. The van der Waals surface area contributed by atoms with Gasteiger partial charge in [-0.25, -0.2) is 9.48 Å². The topological polar surface area (TPSA) is 70.4 Å². The highest BCUT2D eigenvalue weighted by Gasteiger charge is 2.25. The molecule has 0 N–H and O–H groups in total. The Bertz CT molecular complexity index is 1100. The standard InChI is InChI=1S/C21H18Cl2N2O4/c1-11-9-15(18(23)12(2)17(11)22)19(26)16-10-24-25(3)20(16)29-21(27)13-5-7-14(28-4)8-6-13/h5-10H,1-4H3. The highest BCUT2D eigenvalue weighted by molar-refractivity contribution is 6.39. The predicted octanol–water partition coefficient (Wildman–Crippen LogP) is 4.80. The average Bonchev–Trinajstić information content (AvgIpc) is 3.08. The number of hydrogen-bond acceptors (Lipinski definition) is 5. The first-order valence-electron chi connectivity index (χ1n) is 8.62. The van der Waals surface area contributed by atoms with Gasteiger partial charge < -0.3 is 9.47 Å². The zero-order valence-electron chi connectivity index (χ0n) is 16.2. The Morgan fingerprint density at radius 2 is 1.69 bits per heavy atom. The molecule has 0 aliphatic heterocycles. The summed E-state index contributed by atoms with van der Waals surface area (Å²) in [6, 6.07) is 8.04. The van der Waals surface area contributed by atoms with Gasteiger partial charge in [0.05, 0.1) is 23.9 Å². The van der Waals surface area contributed by atoms with Gasteiger partial charge in [0.1, 0.15) is 11.3 Å². The van der Waals surface area contributed by atoms with Gasteiger partial charge in [0.25, 0.3) is 0 Å². The zero-order valence-corrected chi connectivity index (χ0v) is 17.8. The van der Waals surface area contributed by atoms with Gasteiger partial charge in [0.15, 0.2) is 0 Å². The Morgan fingerprint density at radius 1 is 1.03 bits per heavy atom. The lowest BCUT2D eigenvalue weighted by Crippen LogP contribution is -2.14. The molecule has 0 fully saturated rings. The fraction of sp³-hybridized carbons (Fsp3) is 0.190. The molecule has 0 spiro atoms. The third-order valence-electron chi connectivity index (χ3n) is 4.49. The molecule has 2 aromatic carbocycles. The first-order valence-corrected chi connectivity index (χ1v) is 9.38. The fourth-order valence-corrected chi connectivity index (χ4v) is 3.26. The van der Waals surface area contributed by atoms with Crippen LogP contribution in [0, 0.1) is 13.8 Å². The fourth-order valence-electron chi connectivity index (χ4n) is 2.82. The minimum atomic E-state index is -0.625. The summed E-state index contributed by atoms with van der Waals surface area (Å²) in [5.74, 6) is -0.401. The van der Waals surface area contributed by atoms with E-state index in [0.29, 0.717) is 21.9 Å². The minimum absolute atomic E-state index is 0.0251. The van der Waals surface area contributed by atoms with Crippen molar-refractivity contribution in [3.63, 3.8) is 0 Å². The molecule has 8 heteroatoms. The molecule has 0 saturated carbocycles. The van der Waals surface area contributed by atoms with Crippen LogP contribution in [-0.2, 0) is 7.05 Å². The van der Waals surface area contributed by atoms with Crippen LogP contribution in [0.2, 0.25) is 10.0 Å². The maximum Gasteiger partial charge on any atom is 0.344 e. The number of halogens is 2. The van der Waals surface area contributed by atoms with Crippen molar-refractivity contribution in [2.75, 3.05) is 7.11 Å². The normalized spacial score (nSPS) is 10.7. The smallest absolute Gasteiger partial charge is 0.344 e. The van der Waals surface area contributed by atoms with E-state index >= 15 is 0 Å². The number of ketones is 1. The number of rotatable bonds is 5. The number of ether oxygens (including phenoxy) is 2. The van der Waals surface area contributed by atoms with E-state index in [9.17, 15) is 9.59 Å². The van der Waals surface area contributed by atoms with Crippen molar-refractivity contribution in [2.24, 2.45) is 7.05 Å². The Hall–Kier alpha value is -2.83. The van der Waals surface area contributed by atoms with E-state index in [0.717, 1.165) is 5.56 Å². The first kappa shape index (κ1) is 20.9. The van der Waals surface area contributed by atoms with E-state index < -0.39 is 11.8 Å². The highest BCUT2D eigenvalue weighted by Crippen LogP contribution is 2.33. The lowest BCUT2D eigenvalue weighted by atomic mass is 10.0. The van der Waals surface area contributed by atoms with Crippen LogP contribution >= 0.6 is 23.2 Å². The average molecular weight is 433 g/mol. The summed E-state index contributed by atoms with van der Waals surface area (Å²) in [6.45, 7) is 3.53. The van der Waals surface area contributed by atoms with Gasteiger partial charge in [-0.3, -0.25) is 4.79 Å². The Labute approximate surface area is 177 Å². The van der Waals surface area contributed by atoms with E-state index in [1.165, 1.54) is 18.0 Å². The molecule has 3 aromatic rings. The summed E-state index contributed by atoms with van der Waals surface area (Å²) in [6.07, 6.45) is 1.34. The lowest BCUT2D eigenvalue weighted by Gasteiger charge is -2.11. The van der Waals surface area contributed by atoms with Crippen molar-refractivity contribution < 1.29 is 19.1 Å². The lowest BCUT2D eigenvalue weighted by molar-refractivity contribution is 0.0718. The largest absolute Gasteiger partial charge is 0.497 e. The number of esters is 1. The van der Waals surface area contributed by atoms with E-state index in [4.69, 9.17) is 32.7 Å². The molecule has 0 unspecified atom stereocenters. The maximum atomic E-state index is 13.1. The van der Waals surface area contributed by atoms with Gasteiger partial charge in [0, 0.05) is 17.6 Å². The second-order valence-corrected chi connectivity index (χ2v) is 7.18. The summed E-state index contributed by atoms with van der Waals surface area (Å²) in [4.78, 5) is 25.7. The summed E-state index contributed by atoms with van der Waals surface area (Å²) < 4.78 is 11.9. The second-order valence-electron chi connectivity index (χ2n) is 6.43. The molecule has 0 atom stereocenters. The number of carbonyl (C=O) groups excluding carboxylic acids is 2. The quantitative estimate of drug-likeness (QED) is 0.427. The molecular weight excluding hydrogens is 415 g/mol. The van der Waals surface area contributed by atoms with Crippen LogP contribution in [0.1, 0.15) is 37.4 Å². The SMILES string of the molecule is COc1ccc(C(=O)Oc2c(C(=O)c3cc(C)c(Cl)c(C)c3Cl)cnn2C)cc1. The molecule has 150 valence electrons. The molecule has 3 rings (SSSR count). The van der Waals surface area contributed by atoms with Gasteiger partial charge in [0.2, 0.25) is 11.7 Å². The number of nitrogens with zero attached hydrogens (tertiary/aromatic N) is 2. The van der Waals surface area contributed by atoms with Crippen molar-refractivity contribution >= 4 is 35.0 Å². The minimum Gasteiger partial charge on any atom is -0.497 e. The summed E-state index contributed by atoms with van der Waals surface area (Å²) in [5.41, 5.74) is 2.02. The second kappa shape index (κ2) is 8.27.